The van der Waals surface area contributed by atoms with Gasteiger partial charge in [-0.2, -0.15) is 10.4 Å². The van der Waals surface area contributed by atoms with Crippen molar-refractivity contribution in [3.63, 3.8) is 0 Å². The molecule has 0 bridgehead atoms. The SMILES string of the molecule is Cc1nn(-c2ccccc2)c(Cl)c1/C=C(\C#N)C(=O)c1ccc(F)cc1. The molecule has 1 heterocycles. The molecule has 0 aliphatic heterocycles. The first kappa shape index (κ1) is 17.6. The van der Waals surface area contributed by atoms with Crippen LogP contribution >= 0.6 is 11.6 Å². The number of nitriles is 1. The van der Waals surface area contributed by atoms with Gasteiger partial charge in [-0.15, -0.1) is 0 Å². The third-order valence-electron chi connectivity index (χ3n) is 3.81. The number of ketones is 1. The molecule has 0 fully saturated rings. The third-order valence-corrected chi connectivity index (χ3v) is 4.17. The number of carbonyl (C=O) groups excluding carboxylic acids is 1. The van der Waals surface area contributed by atoms with Crippen molar-refractivity contribution >= 4 is 23.5 Å². The Morgan fingerprint density at radius 1 is 1.19 bits per heavy atom. The number of halogens is 2. The Hall–Kier alpha value is -3.23. The fraction of sp³-hybridized carbons (Fsp3) is 0.0500. The van der Waals surface area contributed by atoms with Crippen LogP contribution < -0.4 is 0 Å². The molecule has 0 N–H and O–H groups in total. The van der Waals surface area contributed by atoms with Gasteiger partial charge in [0.25, 0.3) is 0 Å². The van der Waals surface area contributed by atoms with Crippen molar-refractivity contribution in [3.05, 3.63) is 88.0 Å². The maximum atomic E-state index is 13.0. The Kier molecular flexibility index (Phi) is 4.97. The van der Waals surface area contributed by atoms with Gasteiger partial charge in [0, 0.05) is 11.1 Å². The van der Waals surface area contributed by atoms with E-state index in [1.165, 1.54) is 30.3 Å². The molecule has 2 aromatic carbocycles. The molecule has 6 heteroatoms. The molecule has 0 spiro atoms. The first-order chi connectivity index (χ1) is 12.5. The highest BCUT2D eigenvalue weighted by molar-refractivity contribution is 6.31. The van der Waals surface area contributed by atoms with Gasteiger partial charge >= 0.3 is 0 Å². The van der Waals surface area contributed by atoms with Crippen LogP contribution in [0.1, 0.15) is 21.6 Å². The lowest BCUT2D eigenvalue weighted by molar-refractivity contribution is 0.104. The van der Waals surface area contributed by atoms with E-state index in [4.69, 9.17) is 11.6 Å². The van der Waals surface area contributed by atoms with Crippen LogP contribution in [0.3, 0.4) is 0 Å². The fourth-order valence-corrected chi connectivity index (χ4v) is 2.79. The van der Waals surface area contributed by atoms with E-state index in [2.05, 4.69) is 5.10 Å². The van der Waals surface area contributed by atoms with Crippen molar-refractivity contribution in [3.8, 4) is 11.8 Å². The van der Waals surface area contributed by atoms with Crippen LogP contribution in [0, 0.1) is 24.1 Å². The monoisotopic (exact) mass is 365 g/mol. The number of rotatable bonds is 4. The van der Waals surface area contributed by atoms with Gasteiger partial charge in [0.2, 0.25) is 5.78 Å². The molecule has 3 rings (SSSR count). The Balaban J connectivity index is 2.03. The van der Waals surface area contributed by atoms with E-state index in [1.807, 2.05) is 36.4 Å². The molecule has 0 saturated heterocycles. The average molecular weight is 366 g/mol. The number of aryl methyl sites for hydroxylation is 1. The molecule has 0 atom stereocenters. The smallest absolute Gasteiger partial charge is 0.203 e. The lowest BCUT2D eigenvalue weighted by Gasteiger charge is -2.02. The Bertz CT molecular complexity index is 1030. The molecule has 128 valence electrons. The molecule has 0 aliphatic carbocycles. The number of nitrogens with zero attached hydrogens (tertiary/aromatic N) is 3. The number of benzene rings is 2. The zero-order valence-corrected chi connectivity index (χ0v) is 14.5. The van der Waals surface area contributed by atoms with E-state index < -0.39 is 11.6 Å². The highest BCUT2D eigenvalue weighted by atomic mass is 35.5. The zero-order chi connectivity index (χ0) is 18.7. The van der Waals surface area contributed by atoms with E-state index >= 15 is 0 Å². The van der Waals surface area contributed by atoms with Crippen molar-refractivity contribution in [1.82, 2.24) is 9.78 Å². The second-order valence-corrected chi connectivity index (χ2v) is 5.90. The van der Waals surface area contributed by atoms with Crippen LogP contribution in [0.4, 0.5) is 4.39 Å². The molecule has 0 unspecified atom stereocenters. The molecule has 0 saturated carbocycles. The van der Waals surface area contributed by atoms with E-state index in [0.29, 0.717) is 16.4 Å². The van der Waals surface area contributed by atoms with Crippen LogP contribution in [0.2, 0.25) is 5.15 Å². The van der Waals surface area contributed by atoms with Crippen LogP contribution in [-0.2, 0) is 0 Å². The highest BCUT2D eigenvalue weighted by Gasteiger charge is 2.17. The van der Waals surface area contributed by atoms with Crippen LogP contribution in [-0.4, -0.2) is 15.6 Å². The molecular formula is C20H13ClFN3O. The summed E-state index contributed by atoms with van der Waals surface area (Å²) in [4.78, 5) is 12.5. The Morgan fingerprint density at radius 2 is 1.85 bits per heavy atom. The van der Waals surface area contributed by atoms with Crippen molar-refractivity contribution < 1.29 is 9.18 Å². The lowest BCUT2D eigenvalue weighted by atomic mass is 10.0. The predicted octanol–water partition coefficient (Wildman–Crippen LogP) is 4.76. The van der Waals surface area contributed by atoms with Crippen LogP contribution in [0.15, 0.2) is 60.2 Å². The topological polar surface area (TPSA) is 58.7 Å². The van der Waals surface area contributed by atoms with E-state index in [9.17, 15) is 14.4 Å². The van der Waals surface area contributed by atoms with E-state index in [-0.39, 0.29) is 11.1 Å². The molecule has 4 nitrogen and oxygen atoms in total. The number of hydrogen-bond donors (Lipinski definition) is 0. The summed E-state index contributed by atoms with van der Waals surface area (Å²) in [7, 11) is 0. The number of aromatic nitrogens is 2. The zero-order valence-electron chi connectivity index (χ0n) is 13.8. The van der Waals surface area contributed by atoms with E-state index in [1.54, 1.807) is 11.6 Å². The largest absolute Gasteiger partial charge is 0.288 e. The van der Waals surface area contributed by atoms with Crippen LogP contribution in [0.25, 0.3) is 11.8 Å². The van der Waals surface area contributed by atoms with Gasteiger partial charge in [0.05, 0.1) is 11.4 Å². The van der Waals surface area contributed by atoms with E-state index in [0.717, 1.165) is 5.69 Å². The molecular weight excluding hydrogens is 353 g/mol. The first-order valence-corrected chi connectivity index (χ1v) is 8.11. The summed E-state index contributed by atoms with van der Waals surface area (Å²) in [5.74, 6) is -0.956. The standard InChI is InChI=1S/C20H13ClFN3O/c1-13-18(20(21)25(24-13)17-5-3-2-4-6-17)11-15(12-23)19(26)14-7-9-16(22)10-8-14/h2-11H,1H3/b15-11+. The lowest BCUT2D eigenvalue weighted by Crippen LogP contribution is -2.02. The van der Waals surface area contributed by atoms with Crippen molar-refractivity contribution in [2.45, 2.75) is 6.92 Å². The summed E-state index contributed by atoms with van der Waals surface area (Å²) in [6.07, 6.45) is 1.41. The van der Waals surface area contributed by atoms with Gasteiger partial charge in [-0.1, -0.05) is 29.8 Å². The van der Waals surface area contributed by atoms with Gasteiger partial charge in [-0.25, -0.2) is 9.07 Å². The number of carbonyl (C=O) groups is 1. The summed E-state index contributed by atoms with van der Waals surface area (Å²) < 4.78 is 14.6. The minimum absolute atomic E-state index is 0.103. The Labute approximate surface area is 154 Å². The molecule has 3 aromatic rings. The predicted molar refractivity (Wildman–Crippen MR) is 97.6 cm³/mol. The summed E-state index contributed by atoms with van der Waals surface area (Å²) in [5, 5.41) is 14.1. The maximum absolute atomic E-state index is 13.0. The van der Waals surface area contributed by atoms with Crippen molar-refractivity contribution in [2.24, 2.45) is 0 Å². The number of allylic oxidation sites excluding steroid dienone is 1. The normalized spacial score (nSPS) is 11.2. The summed E-state index contributed by atoms with van der Waals surface area (Å²) >= 11 is 6.42. The second kappa shape index (κ2) is 7.34. The summed E-state index contributed by atoms with van der Waals surface area (Å²) in [5.41, 5.74) is 1.96. The Morgan fingerprint density at radius 3 is 2.46 bits per heavy atom. The van der Waals surface area contributed by atoms with Gasteiger partial charge in [0.15, 0.2) is 0 Å². The third kappa shape index (κ3) is 3.41. The summed E-state index contributed by atoms with van der Waals surface area (Å²) in [6, 6.07) is 16.2. The first-order valence-electron chi connectivity index (χ1n) is 7.74. The maximum Gasteiger partial charge on any atom is 0.203 e. The summed E-state index contributed by atoms with van der Waals surface area (Å²) in [6.45, 7) is 1.74. The molecule has 0 amide bonds. The fourth-order valence-electron chi connectivity index (χ4n) is 2.47. The number of para-hydroxylation sites is 1. The minimum Gasteiger partial charge on any atom is -0.288 e. The van der Waals surface area contributed by atoms with Crippen LogP contribution in [0.5, 0.6) is 0 Å². The number of hydrogen-bond acceptors (Lipinski definition) is 3. The molecule has 0 radical (unpaired) electrons. The van der Waals surface area contributed by atoms with Gasteiger partial charge in [0.1, 0.15) is 22.6 Å². The highest BCUT2D eigenvalue weighted by Crippen LogP contribution is 2.26. The van der Waals surface area contributed by atoms with Crippen molar-refractivity contribution in [2.75, 3.05) is 0 Å². The minimum atomic E-state index is -0.504. The quantitative estimate of drug-likeness (QED) is 0.380. The average Bonchev–Trinajstić information content (AvgIpc) is 2.94. The number of Topliss-reactive ketones (excluding diaryl/α,β-unsaturated/α-hetero) is 1. The van der Waals surface area contributed by atoms with Crippen molar-refractivity contribution in [1.29, 1.82) is 5.26 Å². The molecule has 0 aliphatic rings. The second-order valence-electron chi connectivity index (χ2n) is 5.54. The van der Waals surface area contributed by atoms with Gasteiger partial charge < -0.3 is 0 Å². The van der Waals surface area contributed by atoms with Gasteiger partial charge in [-0.3, -0.25) is 4.79 Å². The molecule has 1 aromatic heterocycles. The van der Waals surface area contributed by atoms with Gasteiger partial charge in [-0.05, 0) is 49.4 Å². The molecule has 26 heavy (non-hydrogen) atoms.